The number of anilines is 3. The van der Waals surface area contributed by atoms with Crippen molar-refractivity contribution in [1.82, 2.24) is 0 Å². The largest absolute Gasteiger partial charge is 0.456 e. The Morgan fingerprint density at radius 3 is 1.92 bits per heavy atom. The van der Waals surface area contributed by atoms with E-state index in [0.717, 1.165) is 39.0 Å². The molecule has 0 saturated carbocycles. The van der Waals surface area contributed by atoms with E-state index in [1.54, 1.807) is 0 Å². The van der Waals surface area contributed by atoms with Crippen molar-refractivity contribution in [3.8, 4) is 33.4 Å². The molecule has 0 fully saturated rings. The molecule has 0 atom stereocenters. The Morgan fingerprint density at radius 2 is 1.04 bits per heavy atom. The van der Waals surface area contributed by atoms with Gasteiger partial charge in [-0.1, -0.05) is 125 Å². The summed E-state index contributed by atoms with van der Waals surface area (Å²) in [6, 6.07) is 55.4. The summed E-state index contributed by atoms with van der Waals surface area (Å²) in [5, 5.41) is 2.27. The standard InChI is InChI=1S/C48H37NO/c1-47(2)40-21-10-8-18-35(40)38-28-39-43(29-42(38)47)48(3,4)41-22-13-20-34(46(39)41)30-14-12-17-32(26-30)49(31-15-6-5-7-16-31)33-24-25-37-36-19-9-11-23-44(36)50-45(37)27-33/h5-29H,1-4H3. The summed E-state index contributed by atoms with van der Waals surface area (Å²) in [4.78, 5) is 2.34. The second-order valence-corrected chi connectivity index (χ2v) is 15.0. The first kappa shape index (κ1) is 29.1. The number of furan rings is 1. The van der Waals surface area contributed by atoms with Crippen LogP contribution < -0.4 is 4.90 Å². The van der Waals surface area contributed by atoms with Gasteiger partial charge in [0.15, 0.2) is 0 Å². The van der Waals surface area contributed by atoms with Crippen LogP contribution in [0.25, 0.3) is 55.3 Å². The fourth-order valence-electron chi connectivity index (χ4n) is 8.91. The van der Waals surface area contributed by atoms with Crippen molar-refractivity contribution < 1.29 is 4.42 Å². The van der Waals surface area contributed by atoms with Gasteiger partial charge in [0.05, 0.1) is 0 Å². The molecule has 0 bridgehead atoms. The van der Waals surface area contributed by atoms with Gasteiger partial charge in [-0.05, 0) is 104 Å². The van der Waals surface area contributed by atoms with Crippen LogP contribution in [-0.4, -0.2) is 0 Å². The van der Waals surface area contributed by atoms with E-state index in [0.29, 0.717) is 0 Å². The summed E-state index contributed by atoms with van der Waals surface area (Å²) in [6.07, 6.45) is 0. The van der Waals surface area contributed by atoms with Gasteiger partial charge in [0.1, 0.15) is 11.2 Å². The van der Waals surface area contributed by atoms with Crippen LogP contribution in [0.1, 0.15) is 49.9 Å². The Balaban J connectivity index is 1.15. The van der Waals surface area contributed by atoms with E-state index in [4.69, 9.17) is 4.42 Å². The lowest BCUT2D eigenvalue weighted by Crippen LogP contribution is -2.18. The molecule has 2 heteroatoms. The number of para-hydroxylation sites is 2. The lowest BCUT2D eigenvalue weighted by molar-refractivity contribution is 0.639. The molecule has 50 heavy (non-hydrogen) atoms. The van der Waals surface area contributed by atoms with Crippen LogP contribution >= 0.6 is 0 Å². The molecule has 1 aromatic heterocycles. The Labute approximate surface area is 293 Å². The van der Waals surface area contributed by atoms with Crippen LogP contribution in [0.4, 0.5) is 17.1 Å². The molecule has 0 spiro atoms. The monoisotopic (exact) mass is 643 g/mol. The minimum atomic E-state index is -0.115. The van der Waals surface area contributed by atoms with Crippen molar-refractivity contribution in [3.05, 3.63) is 174 Å². The molecule has 0 radical (unpaired) electrons. The second kappa shape index (κ2) is 10.3. The Hall–Kier alpha value is -5.86. The van der Waals surface area contributed by atoms with Gasteiger partial charge in [0.25, 0.3) is 0 Å². The molecule has 8 aromatic rings. The number of rotatable bonds is 4. The molecule has 0 aliphatic heterocycles. The van der Waals surface area contributed by atoms with Gasteiger partial charge in [-0.3, -0.25) is 0 Å². The molecule has 0 unspecified atom stereocenters. The zero-order valence-electron chi connectivity index (χ0n) is 28.8. The second-order valence-electron chi connectivity index (χ2n) is 15.0. The summed E-state index contributed by atoms with van der Waals surface area (Å²) in [5.41, 5.74) is 18.5. The number of nitrogens with zero attached hydrogens (tertiary/aromatic N) is 1. The smallest absolute Gasteiger partial charge is 0.137 e. The van der Waals surface area contributed by atoms with Crippen molar-refractivity contribution in [2.75, 3.05) is 4.90 Å². The zero-order valence-corrected chi connectivity index (χ0v) is 28.8. The third kappa shape index (κ3) is 4.02. The van der Waals surface area contributed by atoms with Crippen LogP contribution in [0.5, 0.6) is 0 Å². The molecule has 0 N–H and O–H groups in total. The minimum Gasteiger partial charge on any atom is -0.456 e. The van der Waals surface area contributed by atoms with Gasteiger partial charge in [-0.2, -0.15) is 0 Å². The van der Waals surface area contributed by atoms with Gasteiger partial charge in [0.2, 0.25) is 0 Å². The minimum absolute atomic E-state index is 0.0325. The van der Waals surface area contributed by atoms with Crippen molar-refractivity contribution in [2.45, 2.75) is 38.5 Å². The van der Waals surface area contributed by atoms with Crippen molar-refractivity contribution in [1.29, 1.82) is 0 Å². The summed E-state index contributed by atoms with van der Waals surface area (Å²) in [5.74, 6) is 0. The van der Waals surface area contributed by atoms with Crippen LogP contribution in [0, 0.1) is 0 Å². The molecule has 2 aliphatic carbocycles. The topological polar surface area (TPSA) is 16.4 Å². The highest BCUT2D eigenvalue weighted by Crippen LogP contribution is 2.57. The third-order valence-electron chi connectivity index (χ3n) is 11.5. The van der Waals surface area contributed by atoms with Gasteiger partial charge in [-0.15, -0.1) is 0 Å². The molecular weight excluding hydrogens is 607 g/mol. The Kier molecular flexibility index (Phi) is 6.01. The summed E-state index contributed by atoms with van der Waals surface area (Å²) in [6.45, 7) is 9.54. The molecular formula is C48H37NO. The summed E-state index contributed by atoms with van der Waals surface area (Å²) in [7, 11) is 0. The SMILES string of the molecule is CC1(C)c2ccccc2-c2cc3c(cc21)C(C)(C)c1cccc(-c2cccc(N(c4ccccc4)c4ccc5c(c4)oc4ccccc45)c2)c1-3. The van der Waals surface area contributed by atoms with E-state index in [2.05, 4.69) is 172 Å². The van der Waals surface area contributed by atoms with Crippen LogP contribution in [0.3, 0.4) is 0 Å². The maximum atomic E-state index is 6.35. The normalized spacial score (nSPS) is 14.7. The van der Waals surface area contributed by atoms with Gasteiger partial charge < -0.3 is 9.32 Å². The van der Waals surface area contributed by atoms with Gasteiger partial charge in [-0.25, -0.2) is 0 Å². The van der Waals surface area contributed by atoms with E-state index in [9.17, 15) is 0 Å². The van der Waals surface area contributed by atoms with E-state index in [1.807, 2.05) is 12.1 Å². The lowest BCUT2D eigenvalue weighted by Gasteiger charge is -2.26. The molecule has 7 aromatic carbocycles. The van der Waals surface area contributed by atoms with Gasteiger partial charge in [0, 0.05) is 44.7 Å². The van der Waals surface area contributed by atoms with Crippen molar-refractivity contribution in [3.63, 3.8) is 0 Å². The highest BCUT2D eigenvalue weighted by molar-refractivity contribution is 6.06. The predicted molar refractivity (Wildman–Crippen MR) is 209 cm³/mol. The van der Waals surface area contributed by atoms with Gasteiger partial charge >= 0.3 is 0 Å². The van der Waals surface area contributed by atoms with Crippen LogP contribution in [0.15, 0.2) is 156 Å². The van der Waals surface area contributed by atoms with Crippen LogP contribution in [-0.2, 0) is 10.8 Å². The summed E-state index contributed by atoms with van der Waals surface area (Å²) < 4.78 is 6.35. The Bertz CT molecular complexity index is 2660. The molecule has 240 valence electrons. The first-order valence-corrected chi connectivity index (χ1v) is 17.6. The quantitative estimate of drug-likeness (QED) is 0.190. The van der Waals surface area contributed by atoms with E-state index in [-0.39, 0.29) is 10.8 Å². The highest BCUT2D eigenvalue weighted by Gasteiger charge is 2.42. The number of hydrogen-bond acceptors (Lipinski definition) is 2. The third-order valence-corrected chi connectivity index (χ3v) is 11.5. The molecule has 0 amide bonds. The number of hydrogen-bond donors (Lipinski definition) is 0. The van der Waals surface area contributed by atoms with E-state index in [1.165, 1.54) is 55.6 Å². The fraction of sp³-hybridized carbons (Fsp3) is 0.125. The molecule has 0 saturated heterocycles. The van der Waals surface area contributed by atoms with Crippen molar-refractivity contribution in [2.24, 2.45) is 0 Å². The first-order chi connectivity index (χ1) is 24.3. The van der Waals surface area contributed by atoms with Crippen molar-refractivity contribution >= 4 is 39.0 Å². The van der Waals surface area contributed by atoms with E-state index < -0.39 is 0 Å². The average Bonchev–Trinajstić information content (AvgIpc) is 3.71. The maximum absolute atomic E-state index is 6.35. The Morgan fingerprint density at radius 1 is 0.400 bits per heavy atom. The summed E-state index contributed by atoms with van der Waals surface area (Å²) >= 11 is 0. The highest BCUT2D eigenvalue weighted by atomic mass is 16.3. The van der Waals surface area contributed by atoms with Crippen LogP contribution in [0.2, 0.25) is 0 Å². The fourth-order valence-corrected chi connectivity index (χ4v) is 8.91. The molecule has 1 heterocycles. The zero-order chi connectivity index (χ0) is 33.8. The molecule has 2 nitrogen and oxygen atoms in total. The number of benzene rings is 7. The number of fused-ring (bicyclic) bond motifs is 9. The average molecular weight is 644 g/mol. The predicted octanol–water partition coefficient (Wildman–Crippen LogP) is 13.3. The molecule has 2 aliphatic rings. The lowest BCUT2D eigenvalue weighted by atomic mass is 9.77. The van der Waals surface area contributed by atoms with E-state index >= 15 is 0 Å². The maximum Gasteiger partial charge on any atom is 0.137 e. The first-order valence-electron chi connectivity index (χ1n) is 17.6. The molecule has 10 rings (SSSR count).